The van der Waals surface area contributed by atoms with Gasteiger partial charge in [0.1, 0.15) is 5.75 Å². The summed E-state index contributed by atoms with van der Waals surface area (Å²) in [6.07, 6.45) is 0. The Morgan fingerprint density at radius 3 is 2.71 bits per heavy atom. The molecule has 1 aromatic heterocycles. The van der Waals surface area contributed by atoms with Crippen LogP contribution in [-0.2, 0) is 6.54 Å². The van der Waals surface area contributed by atoms with Crippen molar-refractivity contribution in [3.63, 3.8) is 0 Å². The molecule has 2 heterocycles. The summed E-state index contributed by atoms with van der Waals surface area (Å²) in [5, 5.41) is 9.25. The Labute approximate surface area is 204 Å². The van der Waals surface area contributed by atoms with Gasteiger partial charge in [0.15, 0.2) is 17.4 Å². The van der Waals surface area contributed by atoms with Crippen LogP contribution in [-0.4, -0.2) is 31.4 Å². The first kappa shape index (κ1) is 22.2. The molecule has 0 saturated carbocycles. The highest BCUT2D eigenvalue weighted by Gasteiger charge is 2.35. The first-order valence-corrected chi connectivity index (χ1v) is 11.4. The number of allylic oxidation sites excluding steroid dienone is 1. The predicted molar refractivity (Wildman–Crippen MR) is 132 cm³/mol. The lowest BCUT2D eigenvalue weighted by atomic mass is 9.81. The van der Waals surface area contributed by atoms with Crippen molar-refractivity contribution >= 4 is 32.3 Å². The van der Waals surface area contributed by atoms with Gasteiger partial charge < -0.3 is 29.8 Å². The molecule has 0 saturated heterocycles. The molecule has 0 bridgehead atoms. The largest absolute Gasteiger partial charge is 0.493 e. The summed E-state index contributed by atoms with van der Waals surface area (Å²) in [5.74, 6) is 2.59. The van der Waals surface area contributed by atoms with Crippen LogP contribution >= 0.6 is 15.9 Å². The minimum atomic E-state index is -0.343. The zero-order valence-corrected chi connectivity index (χ0v) is 20.5. The minimum Gasteiger partial charge on any atom is -0.493 e. The molecule has 3 N–H and O–H groups in total. The molecular weight excluding hydrogens is 500 g/mol. The highest BCUT2D eigenvalue weighted by Crippen LogP contribution is 2.50. The molecule has 8 nitrogen and oxygen atoms in total. The summed E-state index contributed by atoms with van der Waals surface area (Å²) in [5.41, 5.74) is 9.00. The number of halogens is 1. The monoisotopic (exact) mass is 522 g/mol. The minimum absolute atomic E-state index is 0.219. The van der Waals surface area contributed by atoms with Gasteiger partial charge >= 0.3 is 0 Å². The van der Waals surface area contributed by atoms with Crippen LogP contribution in [0.25, 0.3) is 16.3 Å². The number of aromatic nitrogens is 2. The van der Waals surface area contributed by atoms with E-state index in [1.807, 2.05) is 49.5 Å². The van der Waals surface area contributed by atoms with Crippen molar-refractivity contribution in [3.05, 3.63) is 81.7 Å². The molecule has 1 aliphatic rings. The Balaban J connectivity index is 1.77. The lowest BCUT2D eigenvalue weighted by Gasteiger charge is -2.29. The van der Waals surface area contributed by atoms with E-state index in [4.69, 9.17) is 24.5 Å². The van der Waals surface area contributed by atoms with E-state index >= 15 is 0 Å². The number of hydrogen-bond donors (Lipinski definition) is 2. The number of methoxy groups -OCH3 is 2. The van der Waals surface area contributed by atoms with Crippen LogP contribution in [0.3, 0.4) is 0 Å². The van der Waals surface area contributed by atoms with Gasteiger partial charge in [0.05, 0.1) is 30.8 Å². The topological polar surface area (TPSA) is 105 Å². The van der Waals surface area contributed by atoms with Crippen LogP contribution < -0.4 is 25.3 Å². The maximum Gasteiger partial charge on any atom is 0.240 e. The van der Waals surface area contributed by atoms with Crippen LogP contribution in [0.4, 0.5) is 0 Å². The summed E-state index contributed by atoms with van der Waals surface area (Å²) >= 11 is 3.62. The van der Waals surface area contributed by atoms with Crippen LogP contribution in [0.1, 0.15) is 28.8 Å². The molecule has 5 rings (SSSR count). The molecule has 1 aliphatic heterocycles. The van der Waals surface area contributed by atoms with Crippen molar-refractivity contribution in [2.45, 2.75) is 12.5 Å². The van der Waals surface area contributed by atoms with Gasteiger partial charge in [-0.15, -0.1) is 0 Å². The molecule has 1 unspecified atom stereocenters. The Hall–Kier alpha value is -3.56. The number of nitrogens with one attached hydrogen (secondary N) is 1. The number of hydrogen-bond acceptors (Lipinski definition) is 8. The van der Waals surface area contributed by atoms with E-state index in [0.29, 0.717) is 41.1 Å². The molecule has 174 valence electrons. The highest BCUT2D eigenvalue weighted by atomic mass is 79.9. The molecule has 0 amide bonds. The molecule has 3 aromatic carbocycles. The summed E-state index contributed by atoms with van der Waals surface area (Å²) < 4.78 is 23.5. The second-order valence-electron chi connectivity index (χ2n) is 7.80. The van der Waals surface area contributed by atoms with Crippen LogP contribution in [0.5, 0.6) is 17.2 Å². The fourth-order valence-corrected chi connectivity index (χ4v) is 4.96. The van der Waals surface area contributed by atoms with Crippen molar-refractivity contribution in [2.75, 3.05) is 21.3 Å². The molecule has 0 radical (unpaired) electrons. The van der Waals surface area contributed by atoms with E-state index in [0.717, 1.165) is 26.4 Å². The van der Waals surface area contributed by atoms with E-state index in [-0.39, 0.29) is 11.8 Å². The number of nitrogens with two attached hydrogens (primary N) is 1. The van der Waals surface area contributed by atoms with Crippen LogP contribution in [0.15, 0.2) is 63.4 Å². The molecule has 1 atom stereocenters. The van der Waals surface area contributed by atoms with Gasteiger partial charge in [-0.1, -0.05) is 41.6 Å². The zero-order chi connectivity index (χ0) is 23.8. The van der Waals surface area contributed by atoms with Crippen molar-refractivity contribution in [3.8, 4) is 17.2 Å². The quantitative estimate of drug-likeness (QED) is 0.379. The molecule has 4 aromatic rings. The lowest BCUT2D eigenvalue weighted by molar-refractivity contribution is 0.352. The van der Waals surface area contributed by atoms with Crippen LogP contribution in [0, 0.1) is 0 Å². The summed E-state index contributed by atoms with van der Waals surface area (Å²) in [6.45, 7) is 0.439. The normalized spacial score (nSPS) is 15.2. The first-order valence-electron chi connectivity index (χ1n) is 10.6. The summed E-state index contributed by atoms with van der Waals surface area (Å²) in [4.78, 5) is 4.56. The van der Waals surface area contributed by atoms with Crippen molar-refractivity contribution in [1.82, 2.24) is 15.5 Å². The average Bonchev–Trinajstić information content (AvgIpc) is 3.30. The van der Waals surface area contributed by atoms with E-state index in [2.05, 4.69) is 37.5 Å². The number of fused-ring (bicyclic) bond motifs is 3. The SMILES string of the molecule is CNCc1nc(C2=C(N)Oc3c(ccc4ccccc34)C2c2cc(Br)c(OC)c(OC)c2)no1. The fraction of sp³-hybridized carbons (Fsp3) is 0.200. The van der Waals surface area contributed by atoms with Crippen molar-refractivity contribution in [1.29, 1.82) is 0 Å². The van der Waals surface area contributed by atoms with Gasteiger partial charge in [0, 0.05) is 16.9 Å². The second-order valence-corrected chi connectivity index (χ2v) is 8.65. The van der Waals surface area contributed by atoms with Gasteiger partial charge in [0.25, 0.3) is 0 Å². The van der Waals surface area contributed by atoms with Crippen molar-refractivity contribution in [2.24, 2.45) is 5.73 Å². The number of ether oxygens (including phenoxy) is 3. The third kappa shape index (κ3) is 3.66. The molecule has 0 fully saturated rings. The predicted octanol–water partition coefficient (Wildman–Crippen LogP) is 4.57. The Bertz CT molecular complexity index is 1420. The third-order valence-corrected chi connectivity index (χ3v) is 6.40. The summed E-state index contributed by atoms with van der Waals surface area (Å²) in [7, 11) is 5.02. The van der Waals surface area contributed by atoms with E-state index in [9.17, 15) is 0 Å². The summed E-state index contributed by atoms with van der Waals surface area (Å²) in [6, 6.07) is 16.1. The van der Waals surface area contributed by atoms with Gasteiger partial charge in [-0.2, -0.15) is 4.98 Å². The van der Waals surface area contributed by atoms with Crippen LogP contribution in [0.2, 0.25) is 0 Å². The van der Waals surface area contributed by atoms with Gasteiger partial charge in [0.2, 0.25) is 11.7 Å². The van der Waals surface area contributed by atoms with E-state index < -0.39 is 0 Å². The Morgan fingerprint density at radius 1 is 1.12 bits per heavy atom. The molecule has 34 heavy (non-hydrogen) atoms. The molecular formula is C25H23BrN4O4. The molecule has 0 aliphatic carbocycles. The van der Waals surface area contributed by atoms with Crippen molar-refractivity contribution < 1.29 is 18.7 Å². The number of rotatable bonds is 6. The average molecular weight is 523 g/mol. The fourth-order valence-electron chi connectivity index (χ4n) is 4.34. The smallest absolute Gasteiger partial charge is 0.240 e. The lowest BCUT2D eigenvalue weighted by Crippen LogP contribution is -2.22. The van der Waals surface area contributed by atoms with Gasteiger partial charge in [-0.25, -0.2) is 0 Å². The van der Waals surface area contributed by atoms with Gasteiger partial charge in [-0.3, -0.25) is 0 Å². The van der Waals surface area contributed by atoms with Gasteiger partial charge in [-0.05, 0) is 46.1 Å². The standard InChI is InChI=1S/C25H23BrN4O4/c1-28-12-19-29-25(30-34-19)21-20(14-10-17(26)23(32-3)18(11-14)31-2)16-9-8-13-6-4-5-7-15(13)22(16)33-24(21)27/h4-11,20,28H,12,27H2,1-3H3. The Morgan fingerprint density at radius 2 is 1.94 bits per heavy atom. The van der Waals surface area contributed by atoms with E-state index in [1.165, 1.54) is 0 Å². The maximum atomic E-state index is 6.54. The Kier molecular flexibility index (Phi) is 5.89. The molecule has 0 spiro atoms. The first-order chi connectivity index (χ1) is 16.5. The highest BCUT2D eigenvalue weighted by molar-refractivity contribution is 9.10. The number of nitrogens with zero attached hydrogens (tertiary/aromatic N) is 2. The molecule has 9 heteroatoms. The third-order valence-electron chi connectivity index (χ3n) is 5.81. The zero-order valence-electron chi connectivity index (χ0n) is 18.9. The van der Waals surface area contributed by atoms with E-state index in [1.54, 1.807) is 14.2 Å². The number of benzene rings is 3. The second kappa shape index (κ2) is 9.00. The maximum absolute atomic E-state index is 6.54.